The number of sulfonamides is 1. The van der Waals surface area contributed by atoms with Crippen molar-refractivity contribution in [2.45, 2.75) is 17.9 Å². The average Bonchev–Trinajstić information content (AvgIpc) is 2.54. The van der Waals surface area contributed by atoms with E-state index in [1.165, 1.54) is 36.4 Å². The summed E-state index contributed by atoms with van der Waals surface area (Å²) in [7, 11) is -2.43. The van der Waals surface area contributed by atoms with E-state index in [0.29, 0.717) is 5.69 Å². The molecule has 0 saturated heterocycles. The Bertz CT molecular complexity index is 859. The number of amides is 1. The van der Waals surface area contributed by atoms with Gasteiger partial charge in [-0.3, -0.25) is 4.79 Å². The topological polar surface area (TPSA) is 97.4 Å². The number of nitrogens with zero attached hydrogens (tertiary/aromatic N) is 1. The van der Waals surface area contributed by atoms with E-state index in [1.807, 2.05) is 4.72 Å². The Morgan fingerprint density at radius 3 is 2.64 bits per heavy atom. The molecule has 0 saturated carbocycles. The van der Waals surface area contributed by atoms with Crippen molar-refractivity contribution < 1.29 is 26.7 Å². The normalized spacial score (nSPS) is 11.2. The number of nitrogens with one attached hydrogen (secondary N) is 2. The molecule has 0 spiro atoms. The van der Waals surface area contributed by atoms with Gasteiger partial charge in [0.1, 0.15) is 0 Å². The molecule has 0 bridgehead atoms. The summed E-state index contributed by atoms with van der Waals surface area (Å²) in [4.78, 5) is 15.6. The molecule has 7 nitrogen and oxygen atoms in total. The van der Waals surface area contributed by atoms with E-state index < -0.39 is 29.0 Å². The number of aromatic nitrogens is 1. The van der Waals surface area contributed by atoms with Crippen LogP contribution in [0.3, 0.4) is 0 Å². The number of ether oxygens (including phenoxy) is 1. The van der Waals surface area contributed by atoms with Crippen LogP contribution in [-0.4, -0.2) is 33.0 Å². The van der Waals surface area contributed by atoms with E-state index in [4.69, 9.17) is 0 Å². The maximum atomic E-state index is 12.2. The minimum Gasteiger partial charge on any atom is -0.417 e. The summed E-state index contributed by atoms with van der Waals surface area (Å²) in [5, 5.41) is 2.79. The molecule has 0 aliphatic heterocycles. The highest BCUT2D eigenvalue weighted by Crippen LogP contribution is 2.15. The summed E-state index contributed by atoms with van der Waals surface area (Å²) >= 11 is 0. The van der Waals surface area contributed by atoms with Crippen LogP contribution in [0, 0.1) is 0 Å². The molecule has 0 fully saturated rings. The largest absolute Gasteiger partial charge is 0.417 e. The molecule has 1 amide bonds. The molecule has 1 aromatic carbocycles. The van der Waals surface area contributed by atoms with Crippen LogP contribution in [0.1, 0.15) is 5.69 Å². The lowest BCUT2D eigenvalue weighted by atomic mass is 10.2. The van der Waals surface area contributed by atoms with Crippen LogP contribution in [0.15, 0.2) is 47.4 Å². The molecule has 134 valence electrons. The highest BCUT2D eigenvalue weighted by Gasteiger charge is 2.18. The van der Waals surface area contributed by atoms with E-state index in [-0.39, 0.29) is 16.5 Å². The molecule has 2 aromatic rings. The standard InChI is InChI=1S/C15H15F2N3O4S/c1-18-10-4-2-6-12(8-10)25(22,23)20-13(21)9-11-5-3-7-14(19-11)24-15(16)17/h2-8,15,18H,9H2,1H3,(H,20,21). The second-order valence-corrected chi connectivity index (χ2v) is 6.51. The van der Waals surface area contributed by atoms with Crippen molar-refractivity contribution in [3.05, 3.63) is 48.2 Å². The Kier molecular flexibility index (Phi) is 5.86. The fourth-order valence-electron chi connectivity index (χ4n) is 1.94. The Balaban J connectivity index is 2.08. The van der Waals surface area contributed by atoms with E-state index in [2.05, 4.69) is 15.0 Å². The van der Waals surface area contributed by atoms with Crippen LogP contribution in [0.4, 0.5) is 14.5 Å². The average molecular weight is 371 g/mol. The molecule has 2 rings (SSSR count). The van der Waals surface area contributed by atoms with Gasteiger partial charge in [0.15, 0.2) is 0 Å². The molecule has 25 heavy (non-hydrogen) atoms. The monoisotopic (exact) mass is 371 g/mol. The summed E-state index contributed by atoms with van der Waals surface area (Å²) in [5.41, 5.74) is 0.656. The second-order valence-electron chi connectivity index (χ2n) is 4.83. The lowest BCUT2D eigenvalue weighted by molar-refractivity contribution is -0.118. The van der Waals surface area contributed by atoms with Crippen LogP contribution in [-0.2, 0) is 21.2 Å². The van der Waals surface area contributed by atoms with Gasteiger partial charge in [-0.1, -0.05) is 12.1 Å². The first kappa shape index (κ1) is 18.6. The fraction of sp³-hybridized carbons (Fsp3) is 0.200. The Morgan fingerprint density at radius 1 is 1.24 bits per heavy atom. The number of rotatable bonds is 7. The summed E-state index contributed by atoms with van der Waals surface area (Å²) in [6, 6.07) is 9.87. The second kappa shape index (κ2) is 7.88. The zero-order chi connectivity index (χ0) is 18.4. The van der Waals surface area contributed by atoms with Crippen LogP contribution in [0.2, 0.25) is 0 Å². The predicted octanol–water partition coefficient (Wildman–Crippen LogP) is 1.77. The van der Waals surface area contributed by atoms with Crippen molar-refractivity contribution in [2.75, 3.05) is 12.4 Å². The van der Waals surface area contributed by atoms with Crippen molar-refractivity contribution in [1.82, 2.24) is 9.71 Å². The van der Waals surface area contributed by atoms with Crippen LogP contribution < -0.4 is 14.8 Å². The lowest BCUT2D eigenvalue weighted by Crippen LogP contribution is -2.32. The maximum Gasteiger partial charge on any atom is 0.388 e. The molecule has 0 unspecified atom stereocenters. The first-order chi connectivity index (χ1) is 11.8. The SMILES string of the molecule is CNc1cccc(S(=O)(=O)NC(=O)Cc2cccc(OC(F)F)n2)c1. The van der Waals surface area contributed by atoms with Gasteiger partial charge in [-0.25, -0.2) is 18.1 Å². The molecular weight excluding hydrogens is 356 g/mol. The van der Waals surface area contributed by atoms with Gasteiger partial charge in [-0.15, -0.1) is 0 Å². The number of anilines is 1. The van der Waals surface area contributed by atoms with Crippen molar-refractivity contribution >= 4 is 21.6 Å². The Morgan fingerprint density at radius 2 is 1.96 bits per heavy atom. The fourth-order valence-corrected chi connectivity index (χ4v) is 2.97. The van der Waals surface area contributed by atoms with Crippen molar-refractivity contribution in [1.29, 1.82) is 0 Å². The zero-order valence-electron chi connectivity index (χ0n) is 13.1. The van der Waals surface area contributed by atoms with Gasteiger partial charge in [0.05, 0.1) is 17.0 Å². The summed E-state index contributed by atoms with van der Waals surface area (Å²) in [5.74, 6) is -1.21. The van der Waals surface area contributed by atoms with Crippen LogP contribution in [0.25, 0.3) is 0 Å². The minimum atomic E-state index is -4.06. The third-order valence-corrected chi connectivity index (χ3v) is 4.38. The van der Waals surface area contributed by atoms with E-state index in [1.54, 1.807) is 13.1 Å². The van der Waals surface area contributed by atoms with Crippen molar-refractivity contribution in [3.63, 3.8) is 0 Å². The summed E-state index contributed by atoms with van der Waals surface area (Å²) in [6.45, 7) is -3.04. The number of alkyl halides is 2. The molecule has 0 aliphatic carbocycles. The van der Waals surface area contributed by atoms with E-state index in [9.17, 15) is 22.0 Å². The molecule has 0 radical (unpaired) electrons. The van der Waals surface area contributed by atoms with Crippen LogP contribution in [0.5, 0.6) is 5.88 Å². The van der Waals surface area contributed by atoms with Gasteiger partial charge in [0.25, 0.3) is 10.0 Å². The third-order valence-electron chi connectivity index (χ3n) is 3.01. The highest BCUT2D eigenvalue weighted by atomic mass is 32.2. The number of hydrogen-bond acceptors (Lipinski definition) is 6. The van der Waals surface area contributed by atoms with Gasteiger partial charge in [0, 0.05) is 18.8 Å². The van der Waals surface area contributed by atoms with E-state index in [0.717, 1.165) is 0 Å². The number of carbonyl (C=O) groups is 1. The summed E-state index contributed by atoms with van der Waals surface area (Å²) < 4.78 is 54.8. The summed E-state index contributed by atoms with van der Waals surface area (Å²) in [6.07, 6.45) is -0.411. The van der Waals surface area contributed by atoms with Gasteiger partial charge in [-0.05, 0) is 24.3 Å². The van der Waals surface area contributed by atoms with Gasteiger partial charge in [-0.2, -0.15) is 8.78 Å². The molecule has 10 heteroatoms. The number of pyridine rings is 1. The van der Waals surface area contributed by atoms with Crippen molar-refractivity contribution in [3.8, 4) is 5.88 Å². The molecule has 0 atom stereocenters. The van der Waals surface area contributed by atoms with Crippen LogP contribution >= 0.6 is 0 Å². The Labute approximate surface area is 143 Å². The molecular formula is C15H15F2N3O4S. The van der Waals surface area contributed by atoms with Gasteiger partial charge < -0.3 is 10.1 Å². The number of hydrogen-bond donors (Lipinski definition) is 2. The third kappa shape index (κ3) is 5.38. The number of carbonyl (C=O) groups excluding carboxylic acids is 1. The maximum absolute atomic E-state index is 12.2. The molecule has 1 aromatic heterocycles. The first-order valence-corrected chi connectivity index (χ1v) is 8.52. The van der Waals surface area contributed by atoms with Gasteiger partial charge in [0.2, 0.25) is 11.8 Å². The lowest BCUT2D eigenvalue weighted by Gasteiger charge is -2.09. The minimum absolute atomic E-state index is 0.0876. The van der Waals surface area contributed by atoms with Gasteiger partial charge >= 0.3 is 6.61 Å². The quantitative estimate of drug-likeness (QED) is 0.770. The molecule has 0 aliphatic rings. The first-order valence-electron chi connectivity index (χ1n) is 7.04. The molecule has 1 heterocycles. The number of benzene rings is 1. The highest BCUT2D eigenvalue weighted by molar-refractivity contribution is 7.90. The molecule has 2 N–H and O–H groups in total. The zero-order valence-corrected chi connectivity index (χ0v) is 13.9. The predicted molar refractivity (Wildman–Crippen MR) is 85.9 cm³/mol. The van der Waals surface area contributed by atoms with Crippen molar-refractivity contribution in [2.24, 2.45) is 0 Å². The smallest absolute Gasteiger partial charge is 0.388 e. The Hall–Kier alpha value is -2.75. The van der Waals surface area contributed by atoms with E-state index >= 15 is 0 Å². The number of halogens is 2.